The Morgan fingerprint density at radius 2 is 2.03 bits per heavy atom. The molecular formula is C21H26Cl2N4O4. The highest BCUT2D eigenvalue weighted by Gasteiger charge is 2.32. The molecule has 2 atom stereocenters. The van der Waals surface area contributed by atoms with Crippen molar-refractivity contribution in [3.8, 4) is 17.0 Å². The zero-order valence-corrected chi connectivity index (χ0v) is 18.8. The van der Waals surface area contributed by atoms with Crippen LogP contribution in [0.2, 0.25) is 0 Å². The lowest BCUT2D eigenvalue weighted by Gasteiger charge is -2.16. The van der Waals surface area contributed by atoms with E-state index in [9.17, 15) is 19.8 Å². The van der Waals surface area contributed by atoms with Gasteiger partial charge in [0.15, 0.2) is 5.56 Å². The topological polar surface area (TPSA) is 133 Å². The number of rotatable bonds is 5. The van der Waals surface area contributed by atoms with Gasteiger partial charge in [-0.15, -0.1) is 24.8 Å². The number of pyridine rings is 1. The molecule has 0 unspecified atom stereocenters. The van der Waals surface area contributed by atoms with Crippen LogP contribution in [0.4, 0.5) is 0 Å². The third-order valence-electron chi connectivity index (χ3n) is 5.90. The lowest BCUT2D eigenvalue weighted by Crippen LogP contribution is -2.27. The van der Waals surface area contributed by atoms with Crippen LogP contribution in [-0.2, 0) is 13.0 Å². The second kappa shape index (κ2) is 9.32. The number of nitrogens with one attached hydrogen (secondary N) is 2. The van der Waals surface area contributed by atoms with E-state index in [1.807, 2.05) is 25.2 Å². The van der Waals surface area contributed by atoms with E-state index in [1.54, 1.807) is 6.92 Å². The zero-order chi connectivity index (χ0) is 20.9. The molecule has 1 aromatic carbocycles. The summed E-state index contributed by atoms with van der Waals surface area (Å²) in [5, 5.41) is 24.0. The molecule has 0 saturated heterocycles. The SMILES string of the molecule is CCc1c(-c2ccc3c(c2)cc2n3C[C@@H](CN)[C@H]2NC)[nH]c(=O)c(C(=O)O)c1O.Cl.Cl. The summed E-state index contributed by atoms with van der Waals surface area (Å²) in [6.45, 7) is 3.24. The van der Waals surface area contributed by atoms with Gasteiger partial charge in [-0.05, 0) is 43.8 Å². The Kier molecular flexibility index (Phi) is 7.44. The molecular weight excluding hydrogens is 443 g/mol. The number of carboxylic acid groups (broad SMARTS) is 1. The van der Waals surface area contributed by atoms with Gasteiger partial charge in [-0.2, -0.15) is 0 Å². The summed E-state index contributed by atoms with van der Waals surface area (Å²) in [6, 6.07) is 8.12. The number of hydrogen-bond donors (Lipinski definition) is 5. The number of carboxylic acids is 1. The van der Waals surface area contributed by atoms with Crippen molar-refractivity contribution in [2.75, 3.05) is 13.6 Å². The predicted molar refractivity (Wildman–Crippen MR) is 125 cm³/mol. The number of aromatic amines is 1. The fourth-order valence-electron chi connectivity index (χ4n) is 4.50. The molecule has 4 rings (SSSR count). The predicted octanol–water partition coefficient (Wildman–Crippen LogP) is 2.66. The number of fused-ring (bicyclic) bond motifs is 3. The van der Waals surface area contributed by atoms with Crippen molar-refractivity contribution in [3.05, 3.63) is 51.4 Å². The van der Waals surface area contributed by atoms with Crippen molar-refractivity contribution in [1.29, 1.82) is 0 Å². The number of aromatic hydroxyl groups is 1. The van der Waals surface area contributed by atoms with E-state index < -0.39 is 22.8 Å². The number of halogens is 2. The molecule has 8 nitrogen and oxygen atoms in total. The standard InChI is InChI=1S/C21H24N4O4.2ClH/c1-3-13-17(24-20(27)16(19(13)26)21(28)29)10-4-5-14-11(6-10)7-15-18(23-2)12(8-22)9-25(14)15;;/h4-7,12,18,23H,3,8-9,22H2,1-2H3,(H,28,29)(H2,24,26,27);2*1H/t12-,18-;;/m1../s1. The Balaban J connectivity index is 0.00000171. The molecule has 1 aliphatic rings. The van der Waals surface area contributed by atoms with Crippen LogP contribution in [0.25, 0.3) is 22.2 Å². The monoisotopic (exact) mass is 468 g/mol. The molecule has 0 fully saturated rings. The first-order valence-electron chi connectivity index (χ1n) is 9.63. The maximum absolute atomic E-state index is 12.3. The summed E-state index contributed by atoms with van der Waals surface area (Å²) in [7, 11) is 1.93. The summed E-state index contributed by atoms with van der Waals surface area (Å²) < 4.78 is 2.26. The van der Waals surface area contributed by atoms with Crippen LogP contribution >= 0.6 is 24.8 Å². The van der Waals surface area contributed by atoms with Crippen LogP contribution in [0, 0.1) is 5.92 Å². The van der Waals surface area contributed by atoms with Gasteiger partial charge in [0.1, 0.15) is 5.75 Å². The minimum absolute atomic E-state index is 0. The van der Waals surface area contributed by atoms with Crippen LogP contribution in [0.15, 0.2) is 29.1 Å². The molecule has 3 aromatic rings. The molecule has 0 spiro atoms. The molecule has 0 amide bonds. The Bertz CT molecular complexity index is 1190. The Labute approximate surface area is 191 Å². The third-order valence-corrected chi connectivity index (χ3v) is 5.90. The number of aromatic nitrogens is 2. The first-order valence-corrected chi connectivity index (χ1v) is 9.63. The molecule has 0 aliphatic carbocycles. The number of aromatic carboxylic acids is 1. The van der Waals surface area contributed by atoms with Crippen LogP contribution in [0.5, 0.6) is 5.75 Å². The maximum Gasteiger partial charge on any atom is 0.345 e. The van der Waals surface area contributed by atoms with Crippen LogP contribution in [0.3, 0.4) is 0 Å². The lowest BCUT2D eigenvalue weighted by molar-refractivity contribution is 0.0691. The van der Waals surface area contributed by atoms with E-state index in [1.165, 1.54) is 5.69 Å². The fourth-order valence-corrected chi connectivity index (χ4v) is 4.50. The molecule has 2 aromatic heterocycles. The van der Waals surface area contributed by atoms with E-state index in [4.69, 9.17) is 5.73 Å². The molecule has 0 radical (unpaired) electrons. The highest BCUT2D eigenvalue weighted by molar-refractivity contribution is 5.93. The number of nitrogens with two attached hydrogens (primary N) is 1. The van der Waals surface area contributed by atoms with Crippen LogP contribution < -0.4 is 16.6 Å². The number of carbonyl (C=O) groups is 1. The van der Waals surface area contributed by atoms with Crippen molar-refractivity contribution < 1.29 is 15.0 Å². The maximum atomic E-state index is 12.3. The summed E-state index contributed by atoms with van der Waals surface area (Å²) in [6.07, 6.45) is 0.378. The van der Waals surface area contributed by atoms with Crippen molar-refractivity contribution in [2.24, 2.45) is 11.7 Å². The van der Waals surface area contributed by atoms with Gasteiger partial charge in [-0.25, -0.2) is 4.79 Å². The molecule has 0 saturated carbocycles. The van der Waals surface area contributed by atoms with Gasteiger partial charge in [-0.3, -0.25) is 4.79 Å². The number of benzene rings is 1. The fraction of sp³-hybridized carbons (Fsp3) is 0.333. The number of H-pyrrole nitrogens is 1. The van der Waals surface area contributed by atoms with Crippen LogP contribution in [0.1, 0.15) is 34.6 Å². The smallest absolute Gasteiger partial charge is 0.345 e. The molecule has 3 heterocycles. The van der Waals surface area contributed by atoms with Gasteiger partial charge in [0.05, 0.1) is 11.7 Å². The van der Waals surface area contributed by atoms with Gasteiger partial charge in [0, 0.05) is 34.6 Å². The molecule has 10 heteroatoms. The number of hydrogen-bond acceptors (Lipinski definition) is 5. The minimum Gasteiger partial charge on any atom is -0.506 e. The molecule has 168 valence electrons. The lowest BCUT2D eigenvalue weighted by atomic mass is 9.98. The first kappa shape index (κ1) is 24.7. The molecule has 0 bridgehead atoms. The van der Waals surface area contributed by atoms with E-state index in [2.05, 4.69) is 20.9 Å². The second-order valence-electron chi connectivity index (χ2n) is 7.41. The first-order chi connectivity index (χ1) is 13.9. The number of nitrogens with zero attached hydrogens (tertiary/aromatic N) is 1. The van der Waals surface area contributed by atoms with E-state index in [0.717, 1.165) is 23.0 Å². The van der Waals surface area contributed by atoms with E-state index in [0.29, 0.717) is 30.1 Å². The quantitative estimate of drug-likeness (QED) is 0.390. The normalized spacial score (nSPS) is 17.1. The Hall–Kier alpha value is -2.52. The third kappa shape index (κ3) is 3.80. The molecule has 31 heavy (non-hydrogen) atoms. The molecule has 1 aliphatic heterocycles. The van der Waals surface area contributed by atoms with Crippen molar-refractivity contribution in [3.63, 3.8) is 0 Å². The van der Waals surface area contributed by atoms with Gasteiger partial charge in [-0.1, -0.05) is 13.0 Å². The highest BCUT2D eigenvalue weighted by atomic mass is 35.5. The van der Waals surface area contributed by atoms with Crippen LogP contribution in [-0.4, -0.2) is 39.3 Å². The van der Waals surface area contributed by atoms with E-state index in [-0.39, 0.29) is 30.9 Å². The molecule has 6 N–H and O–H groups in total. The summed E-state index contributed by atoms with van der Waals surface area (Å²) in [5.41, 5.74) is 8.30. The van der Waals surface area contributed by atoms with Gasteiger partial charge < -0.3 is 30.8 Å². The summed E-state index contributed by atoms with van der Waals surface area (Å²) in [4.78, 5) is 26.2. The largest absolute Gasteiger partial charge is 0.506 e. The minimum atomic E-state index is -1.45. The average Bonchev–Trinajstić information content (AvgIpc) is 3.21. The van der Waals surface area contributed by atoms with Crippen molar-refractivity contribution >= 4 is 41.7 Å². The van der Waals surface area contributed by atoms with Crippen molar-refractivity contribution in [2.45, 2.75) is 25.9 Å². The van der Waals surface area contributed by atoms with Gasteiger partial charge in [0.25, 0.3) is 5.56 Å². The summed E-state index contributed by atoms with van der Waals surface area (Å²) in [5.74, 6) is -1.58. The van der Waals surface area contributed by atoms with Gasteiger partial charge >= 0.3 is 5.97 Å². The highest BCUT2D eigenvalue weighted by Crippen LogP contribution is 2.38. The summed E-state index contributed by atoms with van der Waals surface area (Å²) >= 11 is 0. The zero-order valence-electron chi connectivity index (χ0n) is 17.1. The van der Waals surface area contributed by atoms with Crippen molar-refractivity contribution in [1.82, 2.24) is 14.9 Å². The average molecular weight is 469 g/mol. The Morgan fingerprint density at radius 3 is 2.61 bits per heavy atom. The van der Waals surface area contributed by atoms with E-state index >= 15 is 0 Å². The van der Waals surface area contributed by atoms with Gasteiger partial charge in [0.2, 0.25) is 0 Å². The second-order valence-corrected chi connectivity index (χ2v) is 7.41. The Morgan fingerprint density at radius 1 is 1.32 bits per heavy atom.